The number of carbonyl (C=O) groups is 1. The second-order valence-electron chi connectivity index (χ2n) is 21.3. The lowest BCUT2D eigenvalue weighted by molar-refractivity contribution is -0.870. The van der Waals surface area contributed by atoms with Crippen molar-refractivity contribution in [2.75, 3.05) is 40.9 Å². The molecule has 74 heavy (non-hydrogen) atoms. The minimum absolute atomic E-state index is 0.0572. The summed E-state index contributed by atoms with van der Waals surface area (Å²) in [5.41, 5.74) is 0. The standard InChI is InChI=1S/C65H115N2O6P/c1-6-8-10-12-14-16-18-20-22-23-24-25-26-27-28-29-30-31-32-33-34-35-36-37-38-39-40-41-42-43-45-47-49-51-53-55-57-59-65(69)66-63(62-73-74(70,71)72-61-60-67(3,4)5)64(68)58-56-54-52-50-48-46-44-21-19-17-15-13-11-9-7-2/h8,10,14,16,20,22,24-25,27-28,30-31,33-34,36-37,56,58,63-64,68H,6-7,9,11-13,15,17-19,21,23,26,29,32,35,38-55,57,59-62H2,1-5H3,(H-,66,69,70,71)/p+1/b10-8-,16-14-,22-20-,25-24-,28-27-,31-30-,34-33-,37-36-,58-56+. The summed E-state index contributed by atoms with van der Waals surface area (Å²) in [5, 5.41) is 13.9. The molecule has 1 amide bonds. The van der Waals surface area contributed by atoms with Gasteiger partial charge < -0.3 is 19.8 Å². The summed E-state index contributed by atoms with van der Waals surface area (Å²) in [6.07, 6.45) is 80.5. The van der Waals surface area contributed by atoms with E-state index in [2.05, 4.69) is 116 Å². The molecule has 0 aromatic carbocycles. The number of amides is 1. The fourth-order valence-corrected chi connectivity index (χ4v) is 9.03. The third-order valence-electron chi connectivity index (χ3n) is 13.0. The van der Waals surface area contributed by atoms with Gasteiger partial charge in [0.1, 0.15) is 13.2 Å². The van der Waals surface area contributed by atoms with Crippen LogP contribution in [0.3, 0.4) is 0 Å². The van der Waals surface area contributed by atoms with Crippen LogP contribution in [-0.4, -0.2) is 73.4 Å². The van der Waals surface area contributed by atoms with Crippen LogP contribution in [0.4, 0.5) is 0 Å². The lowest BCUT2D eigenvalue weighted by atomic mass is 10.0. The fraction of sp³-hybridized carbons (Fsp3) is 0.708. The van der Waals surface area contributed by atoms with E-state index in [1.54, 1.807) is 6.08 Å². The molecule has 3 N–H and O–H groups in total. The van der Waals surface area contributed by atoms with E-state index in [0.29, 0.717) is 17.4 Å². The van der Waals surface area contributed by atoms with E-state index >= 15 is 0 Å². The Morgan fingerprint density at radius 2 is 0.811 bits per heavy atom. The molecular formula is C65H116N2O6P+. The Kier molecular flexibility index (Phi) is 52.8. The molecule has 0 saturated carbocycles. The van der Waals surface area contributed by atoms with Gasteiger partial charge in [0, 0.05) is 6.42 Å². The van der Waals surface area contributed by atoms with E-state index < -0.39 is 20.0 Å². The molecule has 3 atom stereocenters. The molecule has 0 radical (unpaired) electrons. The van der Waals surface area contributed by atoms with E-state index in [-0.39, 0.29) is 19.1 Å². The van der Waals surface area contributed by atoms with Crippen molar-refractivity contribution >= 4 is 13.7 Å². The van der Waals surface area contributed by atoms with Crippen molar-refractivity contribution < 1.29 is 32.9 Å². The molecule has 8 nitrogen and oxygen atoms in total. The lowest BCUT2D eigenvalue weighted by Crippen LogP contribution is -2.45. The number of allylic oxidation sites excluding steroid dienone is 17. The number of hydrogen-bond donors (Lipinski definition) is 3. The Labute approximate surface area is 457 Å². The van der Waals surface area contributed by atoms with Crippen molar-refractivity contribution in [2.45, 2.75) is 257 Å². The van der Waals surface area contributed by atoms with Gasteiger partial charge in [-0.2, -0.15) is 0 Å². The largest absolute Gasteiger partial charge is 0.472 e. The van der Waals surface area contributed by atoms with Crippen molar-refractivity contribution in [3.63, 3.8) is 0 Å². The zero-order valence-corrected chi connectivity index (χ0v) is 49.4. The number of carbonyl (C=O) groups excluding carboxylic acids is 1. The highest BCUT2D eigenvalue weighted by Gasteiger charge is 2.27. The van der Waals surface area contributed by atoms with Crippen LogP contribution >= 0.6 is 7.82 Å². The molecule has 0 aromatic rings. The molecule has 3 unspecified atom stereocenters. The number of nitrogens with zero attached hydrogens (tertiary/aromatic N) is 1. The Morgan fingerprint density at radius 3 is 1.19 bits per heavy atom. The van der Waals surface area contributed by atoms with Crippen molar-refractivity contribution in [2.24, 2.45) is 0 Å². The molecule has 0 rings (SSSR count). The molecule has 0 fully saturated rings. The number of quaternary nitrogens is 1. The summed E-state index contributed by atoms with van der Waals surface area (Å²) in [5.74, 6) is -0.183. The molecule has 0 aliphatic rings. The first-order valence-electron chi connectivity index (χ1n) is 30.3. The predicted octanol–water partition coefficient (Wildman–Crippen LogP) is 18.8. The summed E-state index contributed by atoms with van der Waals surface area (Å²) < 4.78 is 23.7. The summed E-state index contributed by atoms with van der Waals surface area (Å²) >= 11 is 0. The quantitative estimate of drug-likeness (QED) is 0.0243. The Bertz CT molecular complexity index is 1570. The summed E-state index contributed by atoms with van der Waals surface area (Å²) in [6.45, 7) is 4.70. The molecule has 426 valence electrons. The zero-order chi connectivity index (χ0) is 54.2. The van der Waals surface area contributed by atoms with Crippen molar-refractivity contribution in [3.8, 4) is 0 Å². The Balaban J connectivity index is 4.10. The van der Waals surface area contributed by atoms with E-state index in [1.807, 2.05) is 27.2 Å². The Hall–Kier alpha value is -2.84. The minimum Gasteiger partial charge on any atom is -0.387 e. The smallest absolute Gasteiger partial charge is 0.387 e. The van der Waals surface area contributed by atoms with Crippen LogP contribution in [0.2, 0.25) is 0 Å². The summed E-state index contributed by atoms with van der Waals surface area (Å²) in [7, 11) is 1.56. The van der Waals surface area contributed by atoms with Gasteiger partial charge in [0.25, 0.3) is 0 Å². The first-order chi connectivity index (χ1) is 36.0. The molecule has 0 saturated heterocycles. The van der Waals surface area contributed by atoms with E-state index in [4.69, 9.17) is 9.05 Å². The van der Waals surface area contributed by atoms with E-state index in [0.717, 1.165) is 89.9 Å². The molecule has 0 aliphatic carbocycles. The van der Waals surface area contributed by atoms with Crippen LogP contribution in [0.1, 0.15) is 245 Å². The van der Waals surface area contributed by atoms with Crippen molar-refractivity contribution in [1.82, 2.24) is 5.32 Å². The lowest BCUT2D eigenvalue weighted by Gasteiger charge is -2.25. The van der Waals surface area contributed by atoms with Crippen LogP contribution in [0.5, 0.6) is 0 Å². The number of phosphoric ester groups is 1. The van der Waals surface area contributed by atoms with Gasteiger partial charge in [0.05, 0.1) is 39.9 Å². The van der Waals surface area contributed by atoms with Crippen LogP contribution in [-0.2, 0) is 18.4 Å². The second-order valence-corrected chi connectivity index (χ2v) is 22.8. The normalized spacial score (nSPS) is 14.6. The summed E-state index contributed by atoms with van der Waals surface area (Å²) in [6, 6.07) is -0.853. The average molecular weight is 1050 g/mol. The third kappa shape index (κ3) is 56.9. The highest BCUT2D eigenvalue weighted by molar-refractivity contribution is 7.47. The van der Waals surface area contributed by atoms with Crippen LogP contribution < -0.4 is 5.32 Å². The molecular weight excluding hydrogens is 936 g/mol. The maximum absolute atomic E-state index is 13.0. The van der Waals surface area contributed by atoms with Crippen molar-refractivity contribution in [1.29, 1.82) is 0 Å². The van der Waals surface area contributed by atoms with Gasteiger partial charge >= 0.3 is 7.82 Å². The number of hydrogen-bond acceptors (Lipinski definition) is 5. The van der Waals surface area contributed by atoms with Gasteiger partial charge in [-0.1, -0.05) is 264 Å². The average Bonchev–Trinajstić information content (AvgIpc) is 3.36. The third-order valence-corrected chi connectivity index (χ3v) is 14.0. The predicted molar refractivity (Wildman–Crippen MR) is 322 cm³/mol. The van der Waals surface area contributed by atoms with Gasteiger partial charge in [-0.15, -0.1) is 0 Å². The highest BCUT2D eigenvalue weighted by atomic mass is 31.2. The fourth-order valence-electron chi connectivity index (χ4n) is 8.29. The molecule has 0 aliphatic heterocycles. The molecule has 0 spiro atoms. The monoisotopic (exact) mass is 1050 g/mol. The topological polar surface area (TPSA) is 105 Å². The van der Waals surface area contributed by atoms with Crippen LogP contribution in [0.15, 0.2) is 109 Å². The van der Waals surface area contributed by atoms with E-state index in [1.165, 1.54) is 135 Å². The van der Waals surface area contributed by atoms with Gasteiger partial charge in [-0.05, 0) is 83.5 Å². The van der Waals surface area contributed by atoms with Crippen LogP contribution in [0.25, 0.3) is 0 Å². The van der Waals surface area contributed by atoms with Gasteiger partial charge in [-0.25, -0.2) is 4.57 Å². The van der Waals surface area contributed by atoms with Gasteiger partial charge in [0.2, 0.25) is 5.91 Å². The second kappa shape index (κ2) is 54.9. The number of phosphoric acid groups is 1. The number of aliphatic hydroxyl groups is 1. The minimum atomic E-state index is -4.35. The maximum atomic E-state index is 13.0. The van der Waals surface area contributed by atoms with Crippen molar-refractivity contribution in [3.05, 3.63) is 109 Å². The number of nitrogens with one attached hydrogen (secondary N) is 1. The molecule has 0 bridgehead atoms. The Morgan fingerprint density at radius 1 is 0.473 bits per heavy atom. The number of aliphatic hydroxyl groups excluding tert-OH is 1. The van der Waals surface area contributed by atoms with Gasteiger partial charge in [-0.3, -0.25) is 13.8 Å². The SMILES string of the molecule is CC/C=C\C/C=C\C/C=C\C/C=C\C/C=C\C/C=C\C/C=C\C/C=C\CCCCCCCCCCCCCCC(=O)NC(COP(=O)(O)OCC[N+](C)(C)C)C(O)/C=C/CCCCCCCCCCCCCCC. The highest BCUT2D eigenvalue weighted by Crippen LogP contribution is 2.43. The number of likely N-dealkylation sites (N-methyl/N-ethyl adjacent to an activating group) is 1. The first kappa shape index (κ1) is 71.2. The van der Waals surface area contributed by atoms with E-state index in [9.17, 15) is 19.4 Å². The van der Waals surface area contributed by atoms with Gasteiger partial charge in [0.15, 0.2) is 0 Å². The number of unbranched alkanes of at least 4 members (excludes halogenated alkanes) is 25. The number of rotatable bonds is 54. The maximum Gasteiger partial charge on any atom is 0.472 e. The zero-order valence-electron chi connectivity index (χ0n) is 48.5. The molecule has 0 heterocycles. The molecule has 9 heteroatoms. The van der Waals surface area contributed by atoms with Crippen LogP contribution in [0, 0.1) is 0 Å². The first-order valence-corrected chi connectivity index (χ1v) is 31.8. The summed E-state index contributed by atoms with van der Waals surface area (Å²) in [4.78, 5) is 23.3. The molecule has 0 aromatic heterocycles.